The van der Waals surface area contributed by atoms with Crippen molar-refractivity contribution in [2.24, 2.45) is 0 Å². The van der Waals surface area contributed by atoms with E-state index in [4.69, 9.17) is 11.6 Å². The zero-order valence-electron chi connectivity index (χ0n) is 11.6. The summed E-state index contributed by atoms with van der Waals surface area (Å²) in [5, 5.41) is 0.651. The number of aryl methyl sites for hydroxylation is 1. The van der Waals surface area contributed by atoms with Crippen LogP contribution in [0.1, 0.15) is 18.1 Å². The van der Waals surface area contributed by atoms with Crippen molar-refractivity contribution >= 4 is 48.9 Å². The molecule has 0 aliphatic carbocycles. The van der Waals surface area contributed by atoms with Gasteiger partial charge in [-0.1, -0.05) is 29.8 Å². The highest BCUT2D eigenvalue weighted by Gasteiger charge is 2.21. The van der Waals surface area contributed by atoms with E-state index in [0.29, 0.717) is 15.7 Å². The minimum Gasteiger partial charge on any atom is -0.207 e. The van der Waals surface area contributed by atoms with Crippen molar-refractivity contribution in [2.75, 3.05) is 0 Å². The molecule has 1 heterocycles. The van der Waals surface area contributed by atoms with E-state index < -0.39 is 10.0 Å². The van der Waals surface area contributed by atoms with Crippen molar-refractivity contribution in [2.45, 2.75) is 30.5 Å². The summed E-state index contributed by atoms with van der Waals surface area (Å²) in [6.07, 6.45) is 0.546. The first-order chi connectivity index (χ1) is 9.79. The fraction of sp³-hybridized carbons (Fsp3) is 0.286. The molecule has 1 N–H and O–H groups in total. The van der Waals surface area contributed by atoms with Gasteiger partial charge in [-0.25, -0.2) is 13.1 Å². The molecule has 1 aromatic heterocycles. The summed E-state index contributed by atoms with van der Waals surface area (Å²) in [7, 11) is -3.50. The van der Waals surface area contributed by atoms with Crippen molar-refractivity contribution < 1.29 is 8.42 Å². The zero-order chi connectivity index (χ0) is 15.6. The lowest BCUT2D eigenvalue weighted by molar-refractivity contribution is 0.562. The fourth-order valence-electron chi connectivity index (χ4n) is 1.92. The third-order valence-electron chi connectivity index (χ3n) is 2.94. The number of hydrogen-bond donors (Lipinski definition) is 1. The van der Waals surface area contributed by atoms with Gasteiger partial charge < -0.3 is 0 Å². The number of thiophene rings is 1. The summed E-state index contributed by atoms with van der Waals surface area (Å²) >= 11 is 10.7. The van der Waals surface area contributed by atoms with Crippen LogP contribution in [-0.2, 0) is 16.4 Å². The lowest BCUT2D eigenvalue weighted by Gasteiger charge is -2.14. The van der Waals surface area contributed by atoms with Crippen LogP contribution in [0.25, 0.3) is 0 Å². The number of benzene rings is 1. The lowest BCUT2D eigenvalue weighted by atomic mass is 10.1. The molecule has 0 fully saturated rings. The molecule has 1 atom stereocenters. The van der Waals surface area contributed by atoms with Crippen molar-refractivity contribution in [1.29, 1.82) is 0 Å². The van der Waals surface area contributed by atoms with Gasteiger partial charge in [0.05, 0.1) is 3.79 Å². The van der Waals surface area contributed by atoms with Crippen LogP contribution in [0.4, 0.5) is 0 Å². The molecule has 1 aromatic carbocycles. The maximum atomic E-state index is 12.3. The highest BCUT2D eigenvalue weighted by Crippen LogP contribution is 2.30. The summed E-state index contributed by atoms with van der Waals surface area (Å²) in [6, 6.07) is 8.88. The van der Waals surface area contributed by atoms with Crippen LogP contribution < -0.4 is 4.72 Å². The highest BCUT2D eigenvalue weighted by atomic mass is 79.9. The van der Waals surface area contributed by atoms with Gasteiger partial charge in [0.2, 0.25) is 10.0 Å². The molecule has 0 aliphatic heterocycles. The normalized spacial score (nSPS) is 13.3. The molecule has 1 unspecified atom stereocenters. The number of nitrogens with one attached hydrogen (secondary N) is 1. The monoisotopic (exact) mass is 407 g/mol. The van der Waals surface area contributed by atoms with E-state index in [1.54, 1.807) is 12.1 Å². The zero-order valence-corrected chi connectivity index (χ0v) is 15.5. The molecule has 2 aromatic rings. The van der Waals surface area contributed by atoms with Crippen LogP contribution in [-0.4, -0.2) is 14.5 Å². The summed E-state index contributed by atoms with van der Waals surface area (Å²) in [5.74, 6) is 0. The Balaban J connectivity index is 2.11. The van der Waals surface area contributed by atoms with E-state index in [2.05, 4.69) is 20.7 Å². The summed E-state index contributed by atoms with van der Waals surface area (Å²) in [4.78, 5) is 0. The second-order valence-corrected chi connectivity index (χ2v) is 9.56. The molecule has 0 spiro atoms. The van der Waals surface area contributed by atoms with E-state index in [9.17, 15) is 8.42 Å². The number of halogens is 2. The Bertz CT molecular complexity index is 724. The Labute approximate surface area is 142 Å². The summed E-state index contributed by atoms with van der Waals surface area (Å²) in [5.41, 5.74) is 1.84. The van der Waals surface area contributed by atoms with Gasteiger partial charge in [0.25, 0.3) is 0 Å². The van der Waals surface area contributed by atoms with Crippen molar-refractivity contribution in [1.82, 2.24) is 4.72 Å². The van der Waals surface area contributed by atoms with Crippen LogP contribution in [0.15, 0.2) is 38.3 Å². The second-order valence-electron chi connectivity index (χ2n) is 4.84. The molecule has 7 heteroatoms. The highest BCUT2D eigenvalue weighted by molar-refractivity contribution is 9.11. The summed E-state index contributed by atoms with van der Waals surface area (Å²) < 4.78 is 28.5. The minimum atomic E-state index is -3.50. The molecule has 2 rings (SSSR count). The molecule has 0 saturated carbocycles. The van der Waals surface area contributed by atoms with Crippen LogP contribution in [0.3, 0.4) is 0 Å². The van der Waals surface area contributed by atoms with E-state index in [0.717, 1.165) is 14.9 Å². The van der Waals surface area contributed by atoms with Gasteiger partial charge in [0, 0.05) is 11.1 Å². The Kier molecular flexibility index (Phi) is 5.48. The van der Waals surface area contributed by atoms with Crippen molar-refractivity contribution in [3.63, 3.8) is 0 Å². The van der Waals surface area contributed by atoms with Gasteiger partial charge in [0.1, 0.15) is 4.21 Å². The molecular weight excluding hydrogens is 394 g/mol. The van der Waals surface area contributed by atoms with E-state index in [1.165, 1.54) is 11.3 Å². The predicted molar refractivity (Wildman–Crippen MR) is 91.7 cm³/mol. The number of sulfonamides is 1. The van der Waals surface area contributed by atoms with E-state index in [1.807, 2.05) is 32.0 Å². The maximum absolute atomic E-state index is 12.3. The van der Waals surface area contributed by atoms with Crippen LogP contribution in [0.5, 0.6) is 0 Å². The van der Waals surface area contributed by atoms with Crippen LogP contribution >= 0.6 is 38.9 Å². The van der Waals surface area contributed by atoms with E-state index >= 15 is 0 Å². The van der Waals surface area contributed by atoms with Gasteiger partial charge in [-0.2, -0.15) is 0 Å². The molecule has 0 saturated heterocycles. The SMILES string of the molecule is Cc1cc(S(=O)(=O)NC(C)Cc2ccccc2Cl)sc1Br. The standard InChI is InChI=1S/C14H15BrClNO2S2/c1-9-7-13(20-14(9)15)21(18,19)17-10(2)8-11-5-3-4-6-12(11)16/h3-7,10,17H,8H2,1-2H3. The molecule has 0 bridgehead atoms. The Morgan fingerprint density at radius 1 is 1.38 bits per heavy atom. The van der Waals surface area contributed by atoms with Crippen LogP contribution in [0.2, 0.25) is 5.02 Å². The van der Waals surface area contributed by atoms with Gasteiger partial charge in [-0.3, -0.25) is 0 Å². The topological polar surface area (TPSA) is 46.2 Å². The fourth-order valence-corrected chi connectivity index (χ4v) is 5.62. The van der Waals surface area contributed by atoms with Gasteiger partial charge in [0.15, 0.2) is 0 Å². The van der Waals surface area contributed by atoms with Gasteiger partial charge in [-0.05, 0) is 59.5 Å². The lowest BCUT2D eigenvalue weighted by Crippen LogP contribution is -2.33. The molecule has 21 heavy (non-hydrogen) atoms. The average molecular weight is 409 g/mol. The minimum absolute atomic E-state index is 0.240. The first-order valence-electron chi connectivity index (χ1n) is 6.31. The molecule has 0 amide bonds. The van der Waals surface area contributed by atoms with Crippen molar-refractivity contribution in [3.8, 4) is 0 Å². The molecule has 0 radical (unpaired) electrons. The molecule has 3 nitrogen and oxygen atoms in total. The average Bonchev–Trinajstić information content (AvgIpc) is 2.73. The quantitative estimate of drug-likeness (QED) is 0.798. The van der Waals surface area contributed by atoms with Crippen molar-refractivity contribution in [3.05, 3.63) is 50.3 Å². The Morgan fingerprint density at radius 2 is 2.05 bits per heavy atom. The van der Waals surface area contributed by atoms with Gasteiger partial charge >= 0.3 is 0 Å². The first kappa shape index (κ1) is 17.0. The number of rotatable bonds is 5. The Hall–Kier alpha value is -0.400. The van der Waals surface area contributed by atoms with Crippen LogP contribution in [0, 0.1) is 6.92 Å². The maximum Gasteiger partial charge on any atom is 0.250 e. The predicted octanol–water partition coefficient (Wildman–Crippen LogP) is 4.38. The number of hydrogen-bond acceptors (Lipinski definition) is 3. The Morgan fingerprint density at radius 3 is 2.62 bits per heavy atom. The third-order valence-corrected chi connectivity index (χ3v) is 7.51. The first-order valence-corrected chi connectivity index (χ1v) is 9.78. The van der Waals surface area contributed by atoms with Gasteiger partial charge in [-0.15, -0.1) is 11.3 Å². The second kappa shape index (κ2) is 6.79. The molecule has 114 valence electrons. The largest absolute Gasteiger partial charge is 0.250 e. The van der Waals surface area contributed by atoms with E-state index in [-0.39, 0.29) is 6.04 Å². The third kappa shape index (κ3) is 4.29. The molecule has 0 aliphatic rings. The molecular formula is C14H15BrClNO2S2. The smallest absolute Gasteiger partial charge is 0.207 e. The summed E-state index contributed by atoms with van der Waals surface area (Å²) in [6.45, 7) is 3.70.